The van der Waals surface area contributed by atoms with Crippen LogP contribution in [0.1, 0.15) is 27.7 Å². The van der Waals surface area contributed by atoms with Crippen LogP contribution in [0.5, 0.6) is 0 Å². The van der Waals surface area contributed by atoms with Gasteiger partial charge >= 0.3 is 8.80 Å². The largest absolute Gasteiger partial charge is 0.521 e. The summed E-state index contributed by atoms with van der Waals surface area (Å²) in [5.74, 6) is -0.256. The van der Waals surface area contributed by atoms with Crippen LogP contribution in [0.2, 0.25) is 0 Å². The van der Waals surface area contributed by atoms with Gasteiger partial charge in [0.25, 0.3) is 0 Å². The van der Waals surface area contributed by atoms with E-state index < -0.39 is 8.80 Å². The zero-order valence-electron chi connectivity index (χ0n) is 11.1. The molecule has 0 aliphatic heterocycles. The zero-order valence-corrected chi connectivity index (χ0v) is 12.1. The molecule has 0 bridgehead atoms. The van der Waals surface area contributed by atoms with E-state index in [1.807, 2.05) is 27.7 Å². The Morgan fingerprint density at radius 1 is 1.35 bits per heavy atom. The van der Waals surface area contributed by atoms with Crippen LogP contribution in [0.4, 0.5) is 0 Å². The molecule has 0 fully saturated rings. The third-order valence-corrected chi connectivity index (χ3v) is 4.71. The van der Waals surface area contributed by atoms with Crippen molar-refractivity contribution >= 4 is 14.7 Å². The lowest BCUT2D eigenvalue weighted by molar-refractivity contribution is -0.116. The first-order chi connectivity index (χ1) is 7.99. The van der Waals surface area contributed by atoms with Crippen molar-refractivity contribution in [3.05, 3.63) is 12.7 Å². The minimum Gasteiger partial charge on any atom is -0.373 e. The topological polar surface area (TPSA) is 56.8 Å². The molecule has 0 spiro atoms. The summed E-state index contributed by atoms with van der Waals surface area (Å²) in [5.41, 5.74) is 0. The van der Waals surface area contributed by atoms with Crippen molar-refractivity contribution in [2.45, 2.75) is 33.8 Å². The van der Waals surface area contributed by atoms with Crippen molar-refractivity contribution < 1.29 is 18.1 Å². The molecule has 0 aromatic rings. The Morgan fingerprint density at radius 3 is 2.24 bits per heavy atom. The summed E-state index contributed by atoms with van der Waals surface area (Å²) in [6.07, 6.45) is 1.46. The van der Waals surface area contributed by atoms with Gasteiger partial charge in [0.15, 0.2) is 0 Å². The minimum absolute atomic E-state index is 0.0135. The Bertz CT molecular complexity index is 240. The summed E-state index contributed by atoms with van der Waals surface area (Å²) >= 11 is 0. The van der Waals surface area contributed by atoms with E-state index in [1.54, 1.807) is 0 Å². The SMILES string of the molecule is C=CC(=O)NC[Si](OCC)(OCC)OC(C)C. The number of nitrogens with one attached hydrogen (secondary N) is 1. The minimum atomic E-state index is -2.82. The molecule has 5 nitrogen and oxygen atoms in total. The summed E-state index contributed by atoms with van der Waals surface area (Å²) < 4.78 is 17.0. The molecule has 6 heteroatoms. The number of hydrogen-bond acceptors (Lipinski definition) is 4. The summed E-state index contributed by atoms with van der Waals surface area (Å²) in [7, 11) is -2.82. The van der Waals surface area contributed by atoms with Gasteiger partial charge in [-0.15, -0.1) is 0 Å². The van der Waals surface area contributed by atoms with Crippen molar-refractivity contribution in [3.8, 4) is 0 Å². The molecule has 17 heavy (non-hydrogen) atoms. The lowest BCUT2D eigenvalue weighted by Gasteiger charge is -2.30. The van der Waals surface area contributed by atoms with E-state index in [2.05, 4.69) is 11.9 Å². The van der Waals surface area contributed by atoms with Gasteiger partial charge in [0, 0.05) is 19.3 Å². The van der Waals surface area contributed by atoms with Gasteiger partial charge in [-0.25, -0.2) is 0 Å². The molecule has 0 aromatic carbocycles. The Hall–Kier alpha value is -0.693. The fourth-order valence-electron chi connectivity index (χ4n) is 1.32. The van der Waals surface area contributed by atoms with Crippen LogP contribution < -0.4 is 5.32 Å². The fraction of sp³-hybridized carbons (Fsp3) is 0.727. The second-order valence-electron chi connectivity index (χ2n) is 3.64. The molecular weight excluding hydrogens is 238 g/mol. The number of amides is 1. The van der Waals surface area contributed by atoms with E-state index in [0.29, 0.717) is 13.2 Å². The van der Waals surface area contributed by atoms with E-state index in [4.69, 9.17) is 13.3 Å². The van der Waals surface area contributed by atoms with Crippen LogP contribution in [0.25, 0.3) is 0 Å². The monoisotopic (exact) mass is 261 g/mol. The number of hydrogen-bond donors (Lipinski definition) is 1. The normalized spacial score (nSPS) is 11.6. The highest BCUT2D eigenvalue weighted by Gasteiger charge is 2.42. The highest BCUT2D eigenvalue weighted by Crippen LogP contribution is 2.12. The van der Waals surface area contributed by atoms with Gasteiger partial charge in [-0.1, -0.05) is 6.58 Å². The average molecular weight is 261 g/mol. The van der Waals surface area contributed by atoms with Crippen molar-refractivity contribution in [1.82, 2.24) is 5.32 Å². The molecule has 0 saturated heterocycles. The van der Waals surface area contributed by atoms with Gasteiger partial charge in [-0.05, 0) is 33.8 Å². The maximum atomic E-state index is 11.2. The molecule has 0 unspecified atom stereocenters. The van der Waals surface area contributed by atoms with Crippen LogP contribution in [-0.2, 0) is 18.1 Å². The highest BCUT2D eigenvalue weighted by molar-refractivity contribution is 6.61. The van der Waals surface area contributed by atoms with Crippen molar-refractivity contribution in [1.29, 1.82) is 0 Å². The molecule has 0 aromatic heterocycles. The van der Waals surface area contributed by atoms with Crippen LogP contribution in [0.3, 0.4) is 0 Å². The van der Waals surface area contributed by atoms with Gasteiger partial charge in [0.1, 0.15) is 0 Å². The molecule has 1 N–H and O–H groups in total. The van der Waals surface area contributed by atoms with Gasteiger partial charge in [0.2, 0.25) is 5.91 Å². The standard InChI is InChI=1S/C11H23NO4Si/c1-6-11(13)12-9-17(14-7-2,15-8-3)16-10(4)5/h6,10H,1,7-9H2,2-5H3,(H,12,13). The smallest absolute Gasteiger partial charge is 0.373 e. The van der Waals surface area contributed by atoms with E-state index >= 15 is 0 Å². The highest BCUT2D eigenvalue weighted by atomic mass is 28.4. The molecule has 0 aliphatic rings. The van der Waals surface area contributed by atoms with Crippen molar-refractivity contribution in [2.24, 2.45) is 0 Å². The summed E-state index contributed by atoms with van der Waals surface area (Å²) in [6, 6.07) is 0. The molecule has 0 rings (SSSR count). The maximum absolute atomic E-state index is 11.2. The Morgan fingerprint density at radius 2 is 1.88 bits per heavy atom. The van der Waals surface area contributed by atoms with E-state index in [0.717, 1.165) is 0 Å². The zero-order chi connectivity index (χ0) is 13.3. The van der Waals surface area contributed by atoms with Crippen molar-refractivity contribution in [3.63, 3.8) is 0 Å². The molecule has 0 aliphatic carbocycles. The van der Waals surface area contributed by atoms with E-state index in [9.17, 15) is 4.79 Å². The molecule has 0 heterocycles. The molecule has 0 saturated carbocycles. The molecule has 0 atom stereocenters. The third kappa shape index (κ3) is 6.57. The van der Waals surface area contributed by atoms with Gasteiger partial charge in [-0.2, -0.15) is 0 Å². The van der Waals surface area contributed by atoms with Gasteiger partial charge in [-0.3, -0.25) is 4.79 Å². The average Bonchev–Trinajstić information content (AvgIpc) is 2.25. The number of carbonyl (C=O) groups is 1. The first kappa shape index (κ1) is 16.3. The lowest BCUT2D eigenvalue weighted by atomic mass is 10.5. The fourth-order valence-corrected chi connectivity index (χ4v) is 3.82. The Kier molecular flexibility index (Phi) is 8.06. The molecule has 1 amide bonds. The quantitative estimate of drug-likeness (QED) is 0.501. The van der Waals surface area contributed by atoms with Gasteiger partial charge < -0.3 is 18.6 Å². The molecular formula is C11H23NO4Si. The second kappa shape index (κ2) is 8.41. The first-order valence-corrected chi connectivity index (χ1v) is 7.78. The van der Waals surface area contributed by atoms with E-state index in [-0.39, 0.29) is 18.2 Å². The maximum Gasteiger partial charge on any atom is 0.521 e. The molecule has 100 valence electrons. The van der Waals surface area contributed by atoms with Crippen LogP contribution in [-0.4, -0.2) is 40.2 Å². The predicted molar refractivity (Wildman–Crippen MR) is 68.4 cm³/mol. The number of rotatable bonds is 9. The van der Waals surface area contributed by atoms with Crippen LogP contribution in [0, 0.1) is 0 Å². The lowest BCUT2D eigenvalue weighted by Crippen LogP contribution is -2.56. The Balaban J connectivity index is 4.62. The Labute approximate surface area is 105 Å². The number of carbonyl (C=O) groups excluding carboxylic acids is 1. The summed E-state index contributed by atoms with van der Waals surface area (Å²) in [4.78, 5) is 11.2. The van der Waals surface area contributed by atoms with Crippen molar-refractivity contribution in [2.75, 3.05) is 19.4 Å². The van der Waals surface area contributed by atoms with Gasteiger partial charge in [0.05, 0.1) is 6.17 Å². The summed E-state index contributed by atoms with van der Waals surface area (Å²) in [5, 5.41) is 2.68. The van der Waals surface area contributed by atoms with Crippen LogP contribution >= 0.6 is 0 Å². The molecule has 0 radical (unpaired) electrons. The first-order valence-electron chi connectivity index (χ1n) is 5.85. The second-order valence-corrected chi connectivity index (χ2v) is 6.17. The van der Waals surface area contributed by atoms with E-state index in [1.165, 1.54) is 6.08 Å². The van der Waals surface area contributed by atoms with Crippen LogP contribution in [0.15, 0.2) is 12.7 Å². The summed E-state index contributed by atoms with van der Waals surface area (Å²) in [6.45, 7) is 11.9. The third-order valence-electron chi connectivity index (χ3n) is 1.81. The predicted octanol–water partition coefficient (Wildman–Crippen LogP) is 1.26.